The summed E-state index contributed by atoms with van der Waals surface area (Å²) in [4.78, 5) is 19.5. The smallest absolute Gasteiger partial charge is 0.320 e. The number of rotatable bonds is 6. The summed E-state index contributed by atoms with van der Waals surface area (Å²) in [6, 6.07) is 7.26. The van der Waals surface area contributed by atoms with Gasteiger partial charge in [0.05, 0.1) is 12.0 Å². The van der Waals surface area contributed by atoms with Crippen molar-refractivity contribution in [2.45, 2.75) is 16.8 Å². The molecule has 1 aromatic heterocycles. The van der Waals surface area contributed by atoms with Gasteiger partial charge in [0.1, 0.15) is 11.9 Å². The van der Waals surface area contributed by atoms with Gasteiger partial charge in [0.2, 0.25) is 5.95 Å². The van der Waals surface area contributed by atoms with E-state index in [0.29, 0.717) is 23.3 Å². The van der Waals surface area contributed by atoms with Gasteiger partial charge in [-0.15, -0.1) is 0 Å². The zero-order valence-electron chi connectivity index (χ0n) is 11.6. The van der Waals surface area contributed by atoms with E-state index >= 15 is 0 Å². The van der Waals surface area contributed by atoms with Crippen LogP contribution in [0, 0.1) is 10.1 Å². The molecule has 0 aliphatic heterocycles. The summed E-state index contributed by atoms with van der Waals surface area (Å²) in [5, 5.41) is 14.3. The highest BCUT2D eigenvalue weighted by Gasteiger charge is 2.18. The third-order valence-electron chi connectivity index (χ3n) is 2.52. The summed E-state index contributed by atoms with van der Waals surface area (Å²) >= 11 is 1.20. The van der Waals surface area contributed by atoms with Crippen LogP contribution in [0.4, 0.5) is 11.6 Å². The SMILES string of the molecule is CCNc1ncc([N+](=O)[O-])c(Sc2cccc(OC)c2)n1. The molecule has 2 aromatic rings. The van der Waals surface area contributed by atoms with Gasteiger partial charge in [-0.25, -0.2) is 4.98 Å². The van der Waals surface area contributed by atoms with E-state index in [9.17, 15) is 10.1 Å². The third kappa shape index (κ3) is 3.82. The summed E-state index contributed by atoms with van der Waals surface area (Å²) in [7, 11) is 1.57. The summed E-state index contributed by atoms with van der Waals surface area (Å²) in [6.45, 7) is 2.54. The van der Waals surface area contributed by atoms with E-state index in [4.69, 9.17) is 4.74 Å². The Labute approximate surface area is 125 Å². The molecule has 1 heterocycles. The van der Waals surface area contributed by atoms with Crippen LogP contribution in [0.25, 0.3) is 0 Å². The van der Waals surface area contributed by atoms with Crippen molar-refractivity contribution in [2.24, 2.45) is 0 Å². The molecule has 1 aromatic carbocycles. The minimum absolute atomic E-state index is 0.121. The number of hydrogen-bond acceptors (Lipinski definition) is 7. The van der Waals surface area contributed by atoms with E-state index < -0.39 is 4.92 Å². The molecule has 21 heavy (non-hydrogen) atoms. The highest BCUT2D eigenvalue weighted by Crippen LogP contribution is 2.34. The van der Waals surface area contributed by atoms with Crippen molar-refractivity contribution in [3.63, 3.8) is 0 Å². The number of nitrogens with zero attached hydrogens (tertiary/aromatic N) is 3. The summed E-state index contributed by atoms with van der Waals surface area (Å²) in [5.41, 5.74) is -0.121. The summed E-state index contributed by atoms with van der Waals surface area (Å²) < 4.78 is 5.14. The van der Waals surface area contributed by atoms with Gasteiger partial charge in [-0.2, -0.15) is 4.98 Å². The second kappa shape index (κ2) is 6.89. The monoisotopic (exact) mass is 306 g/mol. The van der Waals surface area contributed by atoms with Gasteiger partial charge in [-0.05, 0) is 25.1 Å². The molecule has 0 radical (unpaired) electrons. The van der Waals surface area contributed by atoms with Crippen LogP contribution in [0.1, 0.15) is 6.92 Å². The largest absolute Gasteiger partial charge is 0.497 e. The zero-order chi connectivity index (χ0) is 15.2. The van der Waals surface area contributed by atoms with Crippen LogP contribution >= 0.6 is 11.8 Å². The van der Waals surface area contributed by atoms with Crippen LogP contribution < -0.4 is 10.1 Å². The van der Waals surface area contributed by atoms with E-state index in [1.54, 1.807) is 13.2 Å². The van der Waals surface area contributed by atoms with Crippen LogP contribution in [0.3, 0.4) is 0 Å². The molecule has 0 aliphatic carbocycles. The zero-order valence-corrected chi connectivity index (χ0v) is 12.4. The Balaban J connectivity index is 2.35. The Morgan fingerprint density at radius 1 is 1.48 bits per heavy atom. The average Bonchev–Trinajstić information content (AvgIpc) is 2.48. The molecular weight excluding hydrogens is 292 g/mol. The second-order valence-corrected chi connectivity index (χ2v) is 5.01. The fourth-order valence-electron chi connectivity index (χ4n) is 1.58. The maximum absolute atomic E-state index is 11.1. The number of anilines is 1. The first-order valence-corrected chi connectivity index (χ1v) is 7.03. The molecule has 0 saturated heterocycles. The first-order valence-electron chi connectivity index (χ1n) is 6.21. The van der Waals surface area contributed by atoms with E-state index in [2.05, 4.69) is 15.3 Å². The van der Waals surface area contributed by atoms with Gasteiger partial charge in [0, 0.05) is 11.4 Å². The maximum atomic E-state index is 11.1. The van der Waals surface area contributed by atoms with E-state index in [0.717, 1.165) is 4.90 Å². The summed E-state index contributed by atoms with van der Waals surface area (Å²) in [5.74, 6) is 1.05. The molecule has 0 bridgehead atoms. The van der Waals surface area contributed by atoms with E-state index in [-0.39, 0.29) is 5.69 Å². The Morgan fingerprint density at radius 2 is 2.29 bits per heavy atom. The number of ether oxygens (including phenoxy) is 1. The van der Waals surface area contributed by atoms with Gasteiger partial charge in [-0.1, -0.05) is 17.8 Å². The lowest BCUT2D eigenvalue weighted by Gasteiger charge is -2.06. The highest BCUT2D eigenvalue weighted by molar-refractivity contribution is 7.99. The normalized spacial score (nSPS) is 10.2. The molecule has 0 atom stereocenters. The molecule has 110 valence electrons. The van der Waals surface area contributed by atoms with Crippen LogP contribution in [-0.4, -0.2) is 28.5 Å². The van der Waals surface area contributed by atoms with Crippen molar-refractivity contribution in [1.29, 1.82) is 0 Å². The molecule has 2 rings (SSSR count). The van der Waals surface area contributed by atoms with Gasteiger partial charge < -0.3 is 10.1 Å². The molecule has 0 amide bonds. The second-order valence-electron chi connectivity index (χ2n) is 3.95. The third-order valence-corrected chi connectivity index (χ3v) is 3.51. The average molecular weight is 306 g/mol. The molecule has 0 saturated carbocycles. The summed E-state index contributed by atoms with van der Waals surface area (Å²) in [6.07, 6.45) is 1.22. The standard InChI is InChI=1S/C13H14N4O3S/c1-3-14-13-15-8-11(17(18)19)12(16-13)21-10-6-4-5-9(7-10)20-2/h4-8H,3H2,1-2H3,(H,14,15,16). The van der Waals surface area contributed by atoms with Gasteiger partial charge >= 0.3 is 5.69 Å². The fourth-order valence-corrected chi connectivity index (χ4v) is 2.49. The van der Waals surface area contributed by atoms with Crippen molar-refractivity contribution in [1.82, 2.24) is 9.97 Å². The first kappa shape index (κ1) is 15.0. The minimum atomic E-state index is -0.488. The highest BCUT2D eigenvalue weighted by atomic mass is 32.2. The van der Waals surface area contributed by atoms with Crippen molar-refractivity contribution >= 4 is 23.4 Å². The Bertz CT molecular complexity index is 651. The minimum Gasteiger partial charge on any atom is -0.497 e. The van der Waals surface area contributed by atoms with E-state index in [1.807, 2.05) is 25.1 Å². The number of hydrogen-bond donors (Lipinski definition) is 1. The predicted octanol–water partition coefficient (Wildman–Crippen LogP) is 2.98. The fraction of sp³-hybridized carbons (Fsp3) is 0.231. The molecule has 1 N–H and O–H groups in total. The van der Waals surface area contributed by atoms with Gasteiger partial charge in [0.25, 0.3) is 0 Å². The molecule has 0 fully saturated rings. The predicted molar refractivity (Wildman–Crippen MR) is 80.0 cm³/mol. The molecular formula is C13H14N4O3S. The maximum Gasteiger partial charge on any atom is 0.320 e. The first-order chi connectivity index (χ1) is 10.1. The van der Waals surface area contributed by atoms with Crippen molar-refractivity contribution < 1.29 is 9.66 Å². The molecule has 0 unspecified atom stereocenters. The topological polar surface area (TPSA) is 90.2 Å². The molecule has 0 aliphatic rings. The lowest BCUT2D eigenvalue weighted by Crippen LogP contribution is -2.04. The van der Waals surface area contributed by atoms with Crippen LogP contribution in [0.5, 0.6) is 5.75 Å². The van der Waals surface area contributed by atoms with Crippen molar-refractivity contribution in [3.05, 3.63) is 40.6 Å². The van der Waals surface area contributed by atoms with Crippen LogP contribution in [-0.2, 0) is 0 Å². The van der Waals surface area contributed by atoms with Gasteiger partial charge in [-0.3, -0.25) is 10.1 Å². The van der Waals surface area contributed by atoms with E-state index in [1.165, 1.54) is 18.0 Å². The number of methoxy groups -OCH3 is 1. The number of aromatic nitrogens is 2. The Morgan fingerprint density at radius 3 is 2.95 bits per heavy atom. The molecule has 8 heteroatoms. The quantitative estimate of drug-likeness (QED) is 0.498. The Kier molecular flexibility index (Phi) is 4.94. The van der Waals surface area contributed by atoms with Crippen molar-refractivity contribution in [3.8, 4) is 5.75 Å². The lowest BCUT2D eigenvalue weighted by atomic mass is 10.3. The number of benzene rings is 1. The van der Waals surface area contributed by atoms with Gasteiger partial charge in [0.15, 0.2) is 5.03 Å². The van der Waals surface area contributed by atoms with Crippen molar-refractivity contribution in [2.75, 3.05) is 19.0 Å². The lowest BCUT2D eigenvalue weighted by molar-refractivity contribution is -0.388. The van der Waals surface area contributed by atoms with Crippen LogP contribution in [0.2, 0.25) is 0 Å². The molecule has 0 spiro atoms. The number of nitrogens with one attached hydrogen (secondary N) is 1. The van der Waals surface area contributed by atoms with Crippen LogP contribution in [0.15, 0.2) is 40.4 Å². The molecule has 7 nitrogen and oxygen atoms in total. The number of nitro groups is 1. The Hall–Kier alpha value is -2.35.